The number of benzene rings is 2. The Morgan fingerprint density at radius 3 is 2.62 bits per heavy atom. The van der Waals surface area contributed by atoms with Crippen LogP contribution in [0.15, 0.2) is 65.3 Å². The lowest BCUT2D eigenvalue weighted by molar-refractivity contribution is 0.0521. The molecule has 0 spiro atoms. The maximum atomic E-state index is 12.3. The van der Waals surface area contributed by atoms with Crippen LogP contribution in [0.1, 0.15) is 28.9 Å². The molecule has 0 aliphatic carbocycles. The van der Waals surface area contributed by atoms with E-state index < -0.39 is 0 Å². The van der Waals surface area contributed by atoms with Gasteiger partial charge in [0, 0.05) is 5.39 Å². The van der Waals surface area contributed by atoms with Gasteiger partial charge in [0.1, 0.15) is 18.5 Å². The number of hydrogen-bond acceptors (Lipinski definition) is 3. The summed E-state index contributed by atoms with van der Waals surface area (Å²) in [5, 5.41) is 0.832. The van der Waals surface area contributed by atoms with Crippen molar-refractivity contribution >= 4 is 16.8 Å². The van der Waals surface area contributed by atoms with Crippen LogP contribution in [0.5, 0.6) is 0 Å². The Labute approximate surface area is 123 Å². The van der Waals surface area contributed by atoms with Crippen molar-refractivity contribution in [3.63, 3.8) is 0 Å². The summed E-state index contributed by atoms with van der Waals surface area (Å²) in [5.74, 6) is -0.0669. The number of carbonyl (C=O) groups is 1. The van der Waals surface area contributed by atoms with Crippen LogP contribution in [0.3, 0.4) is 0 Å². The second kappa shape index (κ2) is 5.94. The van der Waals surface area contributed by atoms with Gasteiger partial charge in [0.2, 0.25) is 0 Å². The molecule has 21 heavy (non-hydrogen) atoms. The third-order valence-electron chi connectivity index (χ3n) is 3.51. The number of ketones is 1. The smallest absolute Gasteiger partial charge is 0.192 e. The van der Waals surface area contributed by atoms with E-state index in [1.807, 2.05) is 61.5 Å². The molecule has 2 aromatic carbocycles. The van der Waals surface area contributed by atoms with Crippen molar-refractivity contribution in [1.29, 1.82) is 0 Å². The fraction of sp³-hybridized carbons (Fsp3) is 0.167. The zero-order valence-corrected chi connectivity index (χ0v) is 11.8. The van der Waals surface area contributed by atoms with Crippen LogP contribution in [-0.4, -0.2) is 12.4 Å². The maximum Gasteiger partial charge on any atom is 0.192 e. The van der Waals surface area contributed by atoms with Crippen LogP contribution in [-0.2, 0) is 4.74 Å². The largest absolute Gasteiger partial charge is 0.464 e. The first-order chi connectivity index (χ1) is 10.3. The van der Waals surface area contributed by atoms with Crippen molar-refractivity contribution in [3.05, 3.63) is 72.0 Å². The molecule has 3 nitrogen and oxygen atoms in total. The number of hydrogen-bond donors (Lipinski definition) is 0. The van der Waals surface area contributed by atoms with E-state index in [1.165, 1.54) is 6.26 Å². The summed E-state index contributed by atoms with van der Waals surface area (Å²) < 4.78 is 11.1. The topological polar surface area (TPSA) is 39.4 Å². The quantitative estimate of drug-likeness (QED) is 0.650. The van der Waals surface area contributed by atoms with Crippen LogP contribution in [0.4, 0.5) is 0 Å². The molecule has 106 valence electrons. The highest BCUT2D eigenvalue weighted by atomic mass is 16.5. The minimum Gasteiger partial charge on any atom is -0.464 e. The Morgan fingerprint density at radius 1 is 1.10 bits per heavy atom. The molecule has 1 atom stereocenters. The summed E-state index contributed by atoms with van der Waals surface area (Å²) in [4.78, 5) is 12.3. The molecule has 0 bridgehead atoms. The molecular formula is C18H16O3. The predicted molar refractivity (Wildman–Crippen MR) is 81.4 cm³/mol. The first kappa shape index (κ1) is 13.6. The third kappa shape index (κ3) is 2.88. The summed E-state index contributed by atoms with van der Waals surface area (Å²) >= 11 is 0. The summed E-state index contributed by atoms with van der Waals surface area (Å²) in [6, 6.07) is 17.4. The molecule has 0 saturated carbocycles. The first-order valence-electron chi connectivity index (χ1n) is 6.91. The van der Waals surface area contributed by atoms with Gasteiger partial charge in [0.15, 0.2) is 5.78 Å². The summed E-state index contributed by atoms with van der Waals surface area (Å²) in [6.07, 6.45) is 1.39. The van der Waals surface area contributed by atoms with Gasteiger partial charge in [-0.05, 0) is 18.6 Å². The van der Waals surface area contributed by atoms with Crippen molar-refractivity contribution in [2.45, 2.75) is 13.0 Å². The summed E-state index contributed by atoms with van der Waals surface area (Å²) in [6.45, 7) is 1.98. The van der Waals surface area contributed by atoms with E-state index in [0.29, 0.717) is 5.56 Å². The van der Waals surface area contributed by atoms with E-state index in [-0.39, 0.29) is 18.5 Å². The molecule has 0 radical (unpaired) electrons. The van der Waals surface area contributed by atoms with E-state index >= 15 is 0 Å². The van der Waals surface area contributed by atoms with Crippen LogP contribution in [0.25, 0.3) is 11.0 Å². The van der Waals surface area contributed by atoms with E-state index in [9.17, 15) is 4.79 Å². The van der Waals surface area contributed by atoms with E-state index in [2.05, 4.69) is 0 Å². The molecule has 1 heterocycles. The number of ether oxygens (including phenoxy) is 1. The Kier molecular flexibility index (Phi) is 3.84. The van der Waals surface area contributed by atoms with Gasteiger partial charge in [-0.25, -0.2) is 0 Å². The zero-order chi connectivity index (χ0) is 14.7. The standard InChI is InChI=1S/C18H16O3/c1-13(14-7-3-2-4-8-14)20-12-17(19)16-11-21-18-10-6-5-9-15(16)18/h2-11,13H,12H2,1H3. The highest BCUT2D eigenvalue weighted by molar-refractivity contribution is 6.07. The highest BCUT2D eigenvalue weighted by Gasteiger charge is 2.15. The van der Waals surface area contributed by atoms with Gasteiger partial charge in [-0.15, -0.1) is 0 Å². The summed E-state index contributed by atoms with van der Waals surface area (Å²) in [7, 11) is 0. The van der Waals surface area contributed by atoms with Crippen molar-refractivity contribution in [3.8, 4) is 0 Å². The fourth-order valence-corrected chi connectivity index (χ4v) is 2.29. The minimum atomic E-state index is -0.117. The minimum absolute atomic E-state index is 0.0413. The lowest BCUT2D eigenvalue weighted by atomic mass is 10.1. The van der Waals surface area contributed by atoms with E-state index in [0.717, 1.165) is 16.5 Å². The lowest BCUT2D eigenvalue weighted by Gasteiger charge is -2.12. The molecule has 0 aliphatic rings. The van der Waals surface area contributed by atoms with Crippen molar-refractivity contribution < 1.29 is 13.9 Å². The van der Waals surface area contributed by atoms with Crippen molar-refractivity contribution in [1.82, 2.24) is 0 Å². The Bertz CT molecular complexity index is 743. The Hall–Kier alpha value is -2.39. The normalized spacial score (nSPS) is 12.4. The molecule has 3 rings (SSSR count). The van der Waals surface area contributed by atoms with Gasteiger partial charge in [-0.1, -0.05) is 48.5 Å². The van der Waals surface area contributed by atoms with Gasteiger partial charge in [0.05, 0.1) is 11.7 Å². The number of para-hydroxylation sites is 1. The number of carbonyl (C=O) groups excluding carboxylic acids is 1. The van der Waals surface area contributed by atoms with Crippen LogP contribution < -0.4 is 0 Å². The average molecular weight is 280 g/mol. The number of fused-ring (bicyclic) bond motifs is 1. The molecule has 0 aliphatic heterocycles. The predicted octanol–water partition coefficient (Wildman–Crippen LogP) is 4.39. The summed E-state index contributed by atoms with van der Waals surface area (Å²) in [5.41, 5.74) is 2.35. The molecule has 0 amide bonds. The van der Waals surface area contributed by atoms with Crippen LogP contribution in [0, 0.1) is 0 Å². The second-order valence-corrected chi connectivity index (χ2v) is 4.93. The van der Waals surface area contributed by atoms with Crippen LogP contribution >= 0.6 is 0 Å². The Balaban J connectivity index is 1.70. The van der Waals surface area contributed by atoms with Gasteiger partial charge < -0.3 is 9.15 Å². The number of furan rings is 1. The molecule has 0 N–H and O–H groups in total. The monoisotopic (exact) mass is 280 g/mol. The average Bonchev–Trinajstić information content (AvgIpc) is 2.97. The van der Waals surface area contributed by atoms with Gasteiger partial charge >= 0.3 is 0 Å². The molecule has 0 saturated heterocycles. The maximum absolute atomic E-state index is 12.3. The Morgan fingerprint density at radius 2 is 1.81 bits per heavy atom. The van der Waals surface area contributed by atoms with E-state index in [1.54, 1.807) is 0 Å². The first-order valence-corrected chi connectivity index (χ1v) is 6.91. The SMILES string of the molecule is CC(OCC(=O)c1coc2ccccc12)c1ccccc1. The molecule has 1 aromatic heterocycles. The van der Waals surface area contributed by atoms with Crippen LogP contribution in [0.2, 0.25) is 0 Å². The van der Waals surface area contributed by atoms with Gasteiger partial charge in [0.25, 0.3) is 0 Å². The molecule has 0 fully saturated rings. The highest BCUT2D eigenvalue weighted by Crippen LogP contribution is 2.22. The van der Waals surface area contributed by atoms with E-state index in [4.69, 9.17) is 9.15 Å². The van der Waals surface area contributed by atoms with Crippen molar-refractivity contribution in [2.24, 2.45) is 0 Å². The van der Waals surface area contributed by atoms with Gasteiger partial charge in [-0.3, -0.25) is 4.79 Å². The van der Waals surface area contributed by atoms with Gasteiger partial charge in [-0.2, -0.15) is 0 Å². The number of rotatable bonds is 5. The lowest BCUT2D eigenvalue weighted by Crippen LogP contribution is -2.11. The fourth-order valence-electron chi connectivity index (χ4n) is 2.29. The van der Waals surface area contributed by atoms with Crippen molar-refractivity contribution in [2.75, 3.05) is 6.61 Å². The molecule has 1 unspecified atom stereocenters. The zero-order valence-electron chi connectivity index (χ0n) is 11.8. The number of Topliss-reactive ketones (excluding diaryl/α,β-unsaturated/α-hetero) is 1. The molecule has 3 heteroatoms. The third-order valence-corrected chi connectivity index (χ3v) is 3.51. The molecular weight excluding hydrogens is 264 g/mol. The second-order valence-electron chi connectivity index (χ2n) is 4.93. The molecule has 3 aromatic rings.